The molecule has 0 unspecified atom stereocenters. The SMILES string of the molecule is CC1=Nc2cc(Cc3c(C)n(CC(=O)O)c4ccc(F)cc34)ccc2SN1. The van der Waals surface area contributed by atoms with Crippen LogP contribution in [0.1, 0.15) is 23.7 Å². The Labute approximate surface area is 160 Å². The van der Waals surface area contributed by atoms with Gasteiger partial charge >= 0.3 is 5.97 Å². The number of aliphatic imine (C=N–C) groups is 1. The van der Waals surface area contributed by atoms with Crippen molar-refractivity contribution in [1.82, 2.24) is 9.29 Å². The second-order valence-corrected chi connectivity index (χ2v) is 7.43. The summed E-state index contributed by atoms with van der Waals surface area (Å²) >= 11 is 1.53. The molecule has 0 saturated heterocycles. The summed E-state index contributed by atoms with van der Waals surface area (Å²) in [6.45, 7) is 3.65. The van der Waals surface area contributed by atoms with Gasteiger partial charge in [0.15, 0.2) is 0 Å². The third-order valence-corrected chi connectivity index (χ3v) is 5.67. The smallest absolute Gasteiger partial charge is 0.323 e. The van der Waals surface area contributed by atoms with Crippen molar-refractivity contribution in [2.24, 2.45) is 4.99 Å². The maximum Gasteiger partial charge on any atom is 0.323 e. The number of hydrogen-bond acceptors (Lipinski definition) is 4. The van der Waals surface area contributed by atoms with Crippen LogP contribution in [-0.2, 0) is 17.8 Å². The lowest BCUT2D eigenvalue weighted by Crippen LogP contribution is -2.13. The van der Waals surface area contributed by atoms with Crippen LogP contribution in [-0.4, -0.2) is 21.5 Å². The Balaban J connectivity index is 1.80. The first-order chi connectivity index (χ1) is 12.9. The van der Waals surface area contributed by atoms with Gasteiger partial charge in [0.1, 0.15) is 18.2 Å². The molecule has 0 bridgehead atoms. The molecule has 1 aliphatic rings. The van der Waals surface area contributed by atoms with Gasteiger partial charge in [0, 0.05) is 16.6 Å². The summed E-state index contributed by atoms with van der Waals surface area (Å²) in [5.41, 5.74) is 4.47. The molecule has 7 heteroatoms. The van der Waals surface area contributed by atoms with Crippen LogP contribution in [0.3, 0.4) is 0 Å². The van der Waals surface area contributed by atoms with Gasteiger partial charge in [-0.2, -0.15) is 0 Å². The molecule has 0 atom stereocenters. The normalized spacial score (nSPS) is 13.2. The highest BCUT2D eigenvalue weighted by Gasteiger charge is 2.18. The maximum absolute atomic E-state index is 13.9. The first-order valence-electron chi connectivity index (χ1n) is 8.52. The Morgan fingerprint density at radius 1 is 1.26 bits per heavy atom. The zero-order chi connectivity index (χ0) is 19.1. The van der Waals surface area contributed by atoms with Gasteiger partial charge in [-0.3, -0.25) is 4.79 Å². The first kappa shape index (κ1) is 17.6. The van der Waals surface area contributed by atoms with Crippen molar-refractivity contribution >= 4 is 40.3 Å². The minimum absolute atomic E-state index is 0.149. The molecule has 0 fully saturated rings. The maximum atomic E-state index is 13.9. The van der Waals surface area contributed by atoms with Gasteiger partial charge in [0.2, 0.25) is 0 Å². The highest BCUT2D eigenvalue weighted by Crippen LogP contribution is 2.34. The number of carboxylic acids is 1. The van der Waals surface area contributed by atoms with E-state index < -0.39 is 5.97 Å². The topological polar surface area (TPSA) is 66.6 Å². The number of aromatic nitrogens is 1. The fraction of sp³-hybridized carbons (Fsp3) is 0.200. The van der Waals surface area contributed by atoms with Crippen molar-refractivity contribution in [2.45, 2.75) is 31.7 Å². The summed E-state index contributed by atoms with van der Waals surface area (Å²) in [5.74, 6) is -0.403. The quantitative estimate of drug-likeness (QED) is 0.655. The van der Waals surface area contributed by atoms with E-state index in [0.717, 1.165) is 44.1 Å². The zero-order valence-electron chi connectivity index (χ0n) is 14.9. The minimum atomic E-state index is -0.922. The largest absolute Gasteiger partial charge is 0.480 e. The lowest BCUT2D eigenvalue weighted by Gasteiger charge is -2.15. The number of carbonyl (C=O) groups is 1. The number of carboxylic acid groups (broad SMARTS) is 1. The van der Waals surface area contributed by atoms with E-state index in [2.05, 4.69) is 9.71 Å². The highest BCUT2D eigenvalue weighted by molar-refractivity contribution is 7.98. The molecule has 2 aromatic carbocycles. The number of nitrogens with one attached hydrogen (secondary N) is 1. The number of benzene rings is 2. The molecule has 2 N–H and O–H groups in total. The minimum Gasteiger partial charge on any atom is -0.480 e. The van der Waals surface area contributed by atoms with Crippen molar-refractivity contribution in [3.05, 3.63) is 59.0 Å². The van der Waals surface area contributed by atoms with Crippen LogP contribution in [0.25, 0.3) is 10.9 Å². The number of hydrogen-bond donors (Lipinski definition) is 2. The molecule has 3 aromatic rings. The molecule has 4 rings (SSSR count). The monoisotopic (exact) mass is 383 g/mol. The number of halogens is 1. The van der Waals surface area contributed by atoms with E-state index >= 15 is 0 Å². The Kier molecular flexibility index (Phi) is 4.39. The number of fused-ring (bicyclic) bond motifs is 2. The molecule has 2 heterocycles. The molecular formula is C20H18FN3O2S. The average molecular weight is 383 g/mol. The van der Waals surface area contributed by atoms with Crippen LogP contribution in [0.15, 0.2) is 46.3 Å². The third kappa shape index (κ3) is 3.30. The van der Waals surface area contributed by atoms with Gasteiger partial charge in [-0.1, -0.05) is 6.07 Å². The van der Waals surface area contributed by atoms with Crippen LogP contribution in [0.4, 0.5) is 10.1 Å². The summed E-state index contributed by atoms with van der Waals surface area (Å²) in [6, 6.07) is 10.6. The van der Waals surface area contributed by atoms with Crippen LogP contribution < -0.4 is 4.72 Å². The van der Waals surface area contributed by atoms with Crippen LogP contribution in [0.5, 0.6) is 0 Å². The van der Waals surface area contributed by atoms with Gasteiger partial charge < -0.3 is 14.4 Å². The lowest BCUT2D eigenvalue weighted by atomic mass is 10.0. The molecule has 0 spiro atoms. The zero-order valence-corrected chi connectivity index (χ0v) is 15.7. The van der Waals surface area contributed by atoms with E-state index in [1.54, 1.807) is 10.6 Å². The molecule has 5 nitrogen and oxygen atoms in total. The first-order valence-corrected chi connectivity index (χ1v) is 9.34. The Bertz CT molecular complexity index is 1100. The van der Waals surface area contributed by atoms with Gasteiger partial charge in [-0.15, -0.1) is 0 Å². The van der Waals surface area contributed by atoms with Gasteiger partial charge in [-0.25, -0.2) is 9.38 Å². The van der Waals surface area contributed by atoms with Crippen molar-refractivity contribution < 1.29 is 14.3 Å². The number of nitrogens with zero attached hydrogens (tertiary/aromatic N) is 2. The van der Waals surface area contributed by atoms with E-state index in [1.165, 1.54) is 24.1 Å². The van der Waals surface area contributed by atoms with E-state index in [4.69, 9.17) is 0 Å². The Hall–Kier alpha value is -2.80. The summed E-state index contributed by atoms with van der Waals surface area (Å²) in [4.78, 5) is 16.9. The highest BCUT2D eigenvalue weighted by atomic mass is 32.2. The number of aliphatic carboxylic acids is 1. The van der Waals surface area contributed by atoms with E-state index in [-0.39, 0.29) is 12.4 Å². The molecule has 0 amide bonds. The molecule has 1 aromatic heterocycles. The second kappa shape index (κ2) is 6.74. The summed E-state index contributed by atoms with van der Waals surface area (Å²) in [7, 11) is 0. The molecule has 0 aliphatic carbocycles. The van der Waals surface area contributed by atoms with E-state index in [0.29, 0.717) is 6.42 Å². The summed E-state index contributed by atoms with van der Waals surface area (Å²) in [6.07, 6.45) is 0.582. The summed E-state index contributed by atoms with van der Waals surface area (Å²) < 4.78 is 18.7. The number of amidine groups is 1. The second-order valence-electron chi connectivity index (χ2n) is 6.59. The fourth-order valence-corrected chi connectivity index (χ4v) is 4.12. The van der Waals surface area contributed by atoms with E-state index in [1.807, 2.05) is 32.0 Å². The van der Waals surface area contributed by atoms with Crippen LogP contribution in [0, 0.1) is 12.7 Å². The molecule has 1 aliphatic heterocycles. The molecule has 27 heavy (non-hydrogen) atoms. The van der Waals surface area contributed by atoms with Gasteiger partial charge in [-0.05, 0) is 73.7 Å². The lowest BCUT2D eigenvalue weighted by molar-refractivity contribution is -0.137. The molecule has 0 saturated carbocycles. The van der Waals surface area contributed by atoms with Crippen LogP contribution >= 0.6 is 11.9 Å². The van der Waals surface area contributed by atoms with E-state index in [9.17, 15) is 14.3 Å². The molecular weight excluding hydrogens is 365 g/mol. The van der Waals surface area contributed by atoms with Crippen molar-refractivity contribution in [1.29, 1.82) is 0 Å². The fourth-order valence-electron chi connectivity index (χ4n) is 3.47. The third-order valence-electron chi connectivity index (χ3n) is 4.71. The molecule has 138 valence electrons. The van der Waals surface area contributed by atoms with Gasteiger partial charge in [0.05, 0.1) is 10.6 Å². The predicted octanol–water partition coefficient (Wildman–Crippen LogP) is 4.42. The summed E-state index contributed by atoms with van der Waals surface area (Å²) in [5, 5.41) is 10.00. The Morgan fingerprint density at radius 2 is 2.07 bits per heavy atom. The van der Waals surface area contributed by atoms with Gasteiger partial charge in [0.25, 0.3) is 0 Å². The average Bonchev–Trinajstić information content (AvgIpc) is 2.86. The Morgan fingerprint density at radius 3 is 2.85 bits per heavy atom. The predicted molar refractivity (Wildman–Crippen MR) is 105 cm³/mol. The number of rotatable bonds is 4. The van der Waals surface area contributed by atoms with Crippen molar-refractivity contribution in [3.63, 3.8) is 0 Å². The van der Waals surface area contributed by atoms with Crippen molar-refractivity contribution in [3.8, 4) is 0 Å². The molecule has 0 radical (unpaired) electrons. The van der Waals surface area contributed by atoms with Crippen molar-refractivity contribution in [2.75, 3.05) is 0 Å². The van der Waals surface area contributed by atoms with Crippen LogP contribution in [0.2, 0.25) is 0 Å². The standard InChI is InChI=1S/C20H18FN3O2S/c1-11-15(7-13-3-6-19-17(8-13)22-12(2)23-27-19)16-9-14(21)4-5-18(16)24(11)10-20(25)26/h3-6,8-9H,7,10H2,1-2H3,(H,22,23)(H,25,26).